The summed E-state index contributed by atoms with van der Waals surface area (Å²) < 4.78 is 5.26. The van der Waals surface area contributed by atoms with Crippen molar-refractivity contribution >= 4 is 5.91 Å². The van der Waals surface area contributed by atoms with E-state index in [-0.39, 0.29) is 5.91 Å². The lowest BCUT2D eigenvalue weighted by molar-refractivity contribution is -0.121. The van der Waals surface area contributed by atoms with Crippen LogP contribution in [-0.4, -0.2) is 24.5 Å². The standard InChI is InChI=1S/C11H13N3O2/c1-13-11(15)4-5-16-8-10-3-2-9(6-12)7-14-10/h2-3,7H,4-5,8H2,1H3,(H,13,15). The Labute approximate surface area is 94.1 Å². The van der Waals surface area contributed by atoms with E-state index in [1.807, 2.05) is 6.07 Å². The number of aromatic nitrogens is 1. The predicted octanol–water partition coefficient (Wildman–Crippen LogP) is 0.606. The van der Waals surface area contributed by atoms with E-state index in [2.05, 4.69) is 10.3 Å². The molecule has 1 aromatic rings. The van der Waals surface area contributed by atoms with Crippen LogP contribution in [-0.2, 0) is 16.1 Å². The fraction of sp³-hybridized carbons (Fsp3) is 0.364. The Bertz CT molecular complexity index is 381. The van der Waals surface area contributed by atoms with E-state index in [1.165, 1.54) is 6.20 Å². The van der Waals surface area contributed by atoms with Gasteiger partial charge < -0.3 is 10.1 Å². The maximum atomic E-state index is 10.9. The van der Waals surface area contributed by atoms with E-state index in [0.29, 0.717) is 25.2 Å². The monoisotopic (exact) mass is 219 g/mol. The highest BCUT2D eigenvalue weighted by Gasteiger charge is 1.99. The van der Waals surface area contributed by atoms with Gasteiger partial charge in [-0.2, -0.15) is 5.26 Å². The summed E-state index contributed by atoms with van der Waals surface area (Å²) >= 11 is 0. The normalized spacial score (nSPS) is 9.50. The number of ether oxygens (including phenoxy) is 1. The van der Waals surface area contributed by atoms with Crippen molar-refractivity contribution in [1.29, 1.82) is 5.26 Å². The van der Waals surface area contributed by atoms with E-state index in [0.717, 1.165) is 5.69 Å². The van der Waals surface area contributed by atoms with Gasteiger partial charge in [-0.25, -0.2) is 0 Å². The number of rotatable bonds is 5. The molecule has 0 saturated carbocycles. The Hall–Kier alpha value is -1.93. The minimum Gasteiger partial charge on any atom is -0.375 e. The first-order valence-electron chi connectivity index (χ1n) is 4.89. The molecule has 0 bridgehead atoms. The Morgan fingerprint density at radius 3 is 3.00 bits per heavy atom. The molecule has 0 unspecified atom stereocenters. The fourth-order valence-electron chi connectivity index (χ4n) is 1.04. The summed E-state index contributed by atoms with van der Waals surface area (Å²) in [6.45, 7) is 0.712. The van der Waals surface area contributed by atoms with Gasteiger partial charge in [0.1, 0.15) is 6.07 Å². The summed E-state index contributed by atoms with van der Waals surface area (Å²) in [5.41, 5.74) is 1.27. The Kier molecular flexibility index (Phi) is 4.96. The topological polar surface area (TPSA) is 75.0 Å². The first kappa shape index (κ1) is 12.1. The van der Waals surface area contributed by atoms with Crippen molar-refractivity contribution in [2.75, 3.05) is 13.7 Å². The molecule has 0 fully saturated rings. The second kappa shape index (κ2) is 6.53. The maximum Gasteiger partial charge on any atom is 0.222 e. The molecule has 0 spiro atoms. The Morgan fingerprint density at radius 1 is 1.62 bits per heavy atom. The molecule has 0 saturated heterocycles. The van der Waals surface area contributed by atoms with Gasteiger partial charge in [0.05, 0.1) is 24.5 Å². The molecular formula is C11H13N3O2. The minimum atomic E-state index is -0.0483. The number of hydrogen-bond donors (Lipinski definition) is 1. The molecule has 1 aromatic heterocycles. The molecule has 84 valence electrons. The van der Waals surface area contributed by atoms with E-state index in [1.54, 1.807) is 19.2 Å². The summed E-state index contributed by atoms with van der Waals surface area (Å²) in [6.07, 6.45) is 1.84. The van der Waals surface area contributed by atoms with Gasteiger partial charge >= 0.3 is 0 Å². The maximum absolute atomic E-state index is 10.9. The molecule has 1 heterocycles. The summed E-state index contributed by atoms with van der Waals surface area (Å²) in [6, 6.07) is 5.41. The van der Waals surface area contributed by atoms with Gasteiger partial charge in [-0.05, 0) is 12.1 Å². The lowest BCUT2D eigenvalue weighted by atomic mass is 10.3. The van der Waals surface area contributed by atoms with E-state index in [9.17, 15) is 4.79 Å². The molecule has 1 rings (SSSR count). The highest BCUT2D eigenvalue weighted by Crippen LogP contribution is 2.00. The van der Waals surface area contributed by atoms with Crippen LogP contribution in [0.4, 0.5) is 0 Å². The van der Waals surface area contributed by atoms with E-state index >= 15 is 0 Å². The van der Waals surface area contributed by atoms with Crippen molar-refractivity contribution in [3.05, 3.63) is 29.6 Å². The predicted molar refractivity (Wildman–Crippen MR) is 57.3 cm³/mol. The van der Waals surface area contributed by atoms with Crippen molar-refractivity contribution in [3.8, 4) is 6.07 Å². The van der Waals surface area contributed by atoms with Gasteiger partial charge in [0, 0.05) is 19.7 Å². The van der Waals surface area contributed by atoms with Crippen molar-refractivity contribution in [2.45, 2.75) is 13.0 Å². The molecular weight excluding hydrogens is 206 g/mol. The van der Waals surface area contributed by atoms with E-state index < -0.39 is 0 Å². The van der Waals surface area contributed by atoms with Crippen molar-refractivity contribution in [2.24, 2.45) is 0 Å². The largest absolute Gasteiger partial charge is 0.375 e. The first-order valence-corrected chi connectivity index (χ1v) is 4.89. The van der Waals surface area contributed by atoms with Crippen LogP contribution in [0.5, 0.6) is 0 Å². The zero-order chi connectivity index (χ0) is 11.8. The number of nitrogens with zero attached hydrogens (tertiary/aromatic N) is 2. The number of amides is 1. The molecule has 0 aliphatic rings. The number of nitrogens with one attached hydrogen (secondary N) is 1. The average Bonchev–Trinajstić information content (AvgIpc) is 2.35. The Morgan fingerprint density at radius 2 is 2.44 bits per heavy atom. The number of carbonyl (C=O) groups excluding carboxylic acids is 1. The third-order valence-corrected chi connectivity index (χ3v) is 1.96. The molecule has 1 N–H and O–H groups in total. The van der Waals surface area contributed by atoms with Crippen LogP contribution in [0.2, 0.25) is 0 Å². The zero-order valence-electron chi connectivity index (χ0n) is 9.06. The second-order valence-corrected chi connectivity index (χ2v) is 3.13. The quantitative estimate of drug-likeness (QED) is 0.736. The molecule has 5 nitrogen and oxygen atoms in total. The molecule has 0 radical (unpaired) electrons. The highest BCUT2D eigenvalue weighted by atomic mass is 16.5. The summed E-state index contributed by atoms with van der Waals surface area (Å²) in [5.74, 6) is -0.0483. The van der Waals surface area contributed by atoms with Crippen LogP contribution in [0.1, 0.15) is 17.7 Å². The number of pyridine rings is 1. The van der Waals surface area contributed by atoms with Crippen LogP contribution in [0.15, 0.2) is 18.3 Å². The van der Waals surface area contributed by atoms with Crippen molar-refractivity contribution < 1.29 is 9.53 Å². The van der Waals surface area contributed by atoms with Gasteiger partial charge in [-0.3, -0.25) is 9.78 Å². The third kappa shape index (κ3) is 4.07. The third-order valence-electron chi connectivity index (χ3n) is 1.96. The summed E-state index contributed by atoms with van der Waals surface area (Å²) in [5, 5.41) is 11.1. The number of nitriles is 1. The minimum absolute atomic E-state index is 0.0483. The molecule has 0 aromatic carbocycles. The number of hydrogen-bond acceptors (Lipinski definition) is 4. The van der Waals surface area contributed by atoms with Gasteiger partial charge in [0.15, 0.2) is 0 Å². The highest BCUT2D eigenvalue weighted by molar-refractivity contribution is 5.75. The van der Waals surface area contributed by atoms with Crippen molar-refractivity contribution in [3.63, 3.8) is 0 Å². The SMILES string of the molecule is CNC(=O)CCOCc1ccc(C#N)cn1. The van der Waals surface area contributed by atoms with Crippen LogP contribution in [0.3, 0.4) is 0 Å². The first-order chi connectivity index (χ1) is 7.76. The van der Waals surface area contributed by atoms with Crippen LogP contribution in [0, 0.1) is 11.3 Å². The lowest BCUT2D eigenvalue weighted by Gasteiger charge is -2.03. The van der Waals surface area contributed by atoms with Crippen LogP contribution < -0.4 is 5.32 Å². The summed E-state index contributed by atoms with van der Waals surface area (Å²) in [4.78, 5) is 14.9. The summed E-state index contributed by atoms with van der Waals surface area (Å²) in [7, 11) is 1.59. The molecule has 5 heteroatoms. The Balaban J connectivity index is 2.27. The van der Waals surface area contributed by atoms with Gasteiger partial charge in [-0.15, -0.1) is 0 Å². The number of carbonyl (C=O) groups is 1. The zero-order valence-corrected chi connectivity index (χ0v) is 9.06. The van der Waals surface area contributed by atoms with Crippen LogP contribution in [0.25, 0.3) is 0 Å². The van der Waals surface area contributed by atoms with Gasteiger partial charge in [0.25, 0.3) is 0 Å². The molecule has 0 aliphatic heterocycles. The molecule has 1 amide bonds. The van der Waals surface area contributed by atoms with Crippen molar-refractivity contribution in [1.82, 2.24) is 10.3 Å². The van der Waals surface area contributed by atoms with E-state index in [4.69, 9.17) is 10.00 Å². The smallest absolute Gasteiger partial charge is 0.222 e. The van der Waals surface area contributed by atoms with Gasteiger partial charge in [-0.1, -0.05) is 0 Å². The molecule has 0 aliphatic carbocycles. The van der Waals surface area contributed by atoms with Crippen LogP contribution >= 0.6 is 0 Å². The molecule has 16 heavy (non-hydrogen) atoms. The lowest BCUT2D eigenvalue weighted by Crippen LogP contribution is -2.19. The van der Waals surface area contributed by atoms with Gasteiger partial charge in [0.2, 0.25) is 5.91 Å². The molecule has 0 atom stereocenters. The second-order valence-electron chi connectivity index (χ2n) is 3.13. The average molecular weight is 219 g/mol. The fourth-order valence-corrected chi connectivity index (χ4v) is 1.04.